The summed E-state index contributed by atoms with van der Waals surface area (Å²) in [6.45, 7) is 8.00. The topological polar surface area (TPSA) is 0 Å². The summed E-state index contributed by atoms with van der Waals surface area (Å²) in [5.41, 5.74) is 0. The Kier molecular flexibility index (Phi) is 119000. The van der Waals surface area contributed by atoms with E-state index in [1.807, 2.05) is 27.7 Å². The molecule has 7 heavy (non-hydrogen) atoms. The van der Waals surface area contributed by atoms with E-state index in [1.54, 1.807) is 0 Å². The highest BCUT2D eigenvalue weighted by Gasteiger charge is 0.935. The number of alkyl halides is 1. The Morgan fingerprint density at radius 2 is 0.714 bits per heavy atom. The summed E-state index contributed by atoms with van der Waals surface area (Å²) in [5, 5.41) is 0. The molecular formula is C6H19F. The summed E-state index contributed by atoms with van der Waals surface area (Å²) in [6, 6.07) is 0. The fourth-order valence-electron chi connectivity index (χ4n) is 0. The van der Waals surface area contributed by atoms with E-state index in [0.717, 1.165) is 0 Å². The fourth-order valence-corrected chi connectivity index (χ4v) is 0. The first kappa shape index (κ1) is 28.4. The molecule has 0 radical (unpaired) electrons. The molecule has 50 valence electrons. The minimum atomic E-state index is 0. The predicted molar refractivity (Wildman–Crippen MR) is 36.5 cm³/mol. The second kappa shape index (κ2) is 29400. The molecule has 0 aliphatic carbocycles. The minimum absolute atomic E-state index is 0. The summed E-state index contributed by atoms with van der Waals surface area (Å²) in [5.74, 6) is 0. The summed E-state index contributed by atoms with van der Waals surface area (Å²) < 4.78 is 9.50. The van der Waals surface area contributed by atoms with Gasteiger partial charge in [-0.1, -0.05) is 35.1 Å². The van der Waals surface area contributed by atoms with Gasteiger partial charge in [-0.25, -0.2) is 0 Å². The van der Waals surface area contributed by atoms with Gasteiger partial charge in [-0.05, 0) is 0 Å². The third-order valence-electron chi connectivity index (χ3n) is 0. The smallest absolute Gasteiger partial charge is 0.0785 e. The van der Waals surface area contributed by atoms with Crippen LogP contribution in [0.2, 0.25) is 0 Å². The first-order chi connectivity index (χ1) is 3.00. The standard InChI is InChI=1S/2C2H6.CH3F.CH4/c3*1-2;/h2*1-2H3;1H3;1H4. The van der Waals surface area contributed by atoms with E-state index >= 15 is 0 Å². The van der Waals surface area contributed by atoms with Gasteiger partial charge in [0.1, 0.15) is 0 Å². The molecule has 0 aliphatic heterocycles. The second-order valence-corrected chi connectivity index (χ2v) is 0. The molecule has 0 amide bonds. The zero-order valence-electron chi connectivity index (χ0n) is 5.38. The van der Waals surface area contributed by atoms with Crippen molar-refractivity contribution < 1.29 is 4.39 Å². The molecule has 1 heteroatoms. The van der Waals surface area contributed by atoms with Crippen LogP contribution in [0.5, 0.6) is 0 Å². The lowest BCUT2D eigenvalue weighted by molar-refractivity contribution is 0.636. The highest BCUT2D eigenvalue weighted by Crippen LogP contribution is 1.16. The van der Waals surface area contributed by atoms with Crippen LogP contribution in [0.25, 0.3) is 0 Å². The number of halogens is 1. The van der Waals surface area contributed by atoms with Crippen molar-refractivity contribution in [1.82, 2.24) is 0 Å². The molecule has 0 N–H and O–H groups in total. The van der Waals surface area contributed by atoms with E-state index in [9.17, 15) is 4.39 Å². The van der Waals surface area contributed by atoms with Crippen LogP contribution >= 0.6 is 0 Å². The molecule has 0 atom stereocenters. The SMILES string of the molecule is C.CC.CC.CF. The van der Waals surface area contributed by atoms with Crippen LogP contribution in [0.1, 0.15) is 35.1 Å². The van der Waals surface area contributed by atoms with Gasteiger partial charge < -0.3 is 0 Å². The lowest BCUT2D eigenvalue weighted by Crippen LogP contribution is -0.939. The van der Waals surface area contributed by atoms with Crippen LogP contribution in [0.3, 0.4) is 0 Å². The molecule has 0 aromatic heterocycles. The molecule has 0 spiro atoms. The molecule has 0 aromatic rings. The van der Waals surface area contributed by atoms with Crippen molar-refractivity contribution >= 4 is 0 Å². The van der Waals surface area contributed by atoms with Crippen LogP contribution in [-0.4, -0.2) is 7.18 Å². The fraction of sp³-hybridized carbons (Fsp3) is 1.00. The largest absolute Gasteiger partial charge is 0.255 e. The molecule has 0 aromatic carbocycles. The van der Waals surface area contributed by atoms with E-state index in [1.165, 1.54) is 0 Å². The van der Waals surface area contributed by atoms with Crippen molar-refractivity contribution in [1.29, 1.82) is 0 Å². The Balaban J connectivity index is -0.00000000900. The first-order valence-corrected chi connectivity index (χ1v) is 2.38. The zero-order valence-corrected chi connectivity index (χ0v) is 5.38. The first-order valence-electron chi connectivity index (χ1n) is 2.38. The lowest BCUT2D eigenvalue weighted by atomic mass is 11.0. The Morgan fingerprint density at radius 1 is 0.714 bits per heavy atom. The molecule has 0 bridgehead atoms. The molecular weight excluding hydrogens is 91.1 g/mol. The van der Waals surface area contributed by atoms with Gasteiger partial charge in [0.2, 0.25) is 0 Å². The van der Waals surface area contributed by atoms with Crippen molar-refractivity contribution in [3.8, 4) is 0 Å². The van der Waals surface area contributed by atoms with Crippen LogP contribution in [0, 0.1) is 0 Å². The van der Waals surface area contributed by atoms with E-state index in [-0.39, 0.29) is 7.43 Å². The maximum atomic E-state index is 9.50. The Hall–Kier alpha value is -0.0700. The minimum Gasteiger partial charge on any atom is -0.255 e. The van der Waals surface area contributed by atoms with E-state index < -0.39 is 0 Å². The molecule has 0 unspecified atom stereocenters. The normalized spacial score (nSPS) is 2.57. The van der Waals surface area contributed by atoms with E-state index in [4.69, 9.17) is 0 Å². The summed E-state index contributed by atoms with van der Waals surface area (Å²) >= 11 is 0. The van der Waals surface area contributed by atoms with Crippen molar-refractivity contribution in [3.63, 3.8) is 0 Å². The van der Waals surface area contributed by atoms with Gasteiger partial charge in [0.05, 0.1) is 7.18 Å². The molecule has 0 fully saturated rings. The van der Waals surface area contributed by atoms with E-state index in [2.05, 4.69) is 0 Å². The van der Waals surface area contributed by atoms with Gasteiger partial charge in [0.25, 0.3) is 0 Å². The highest BCUT2D eigenvalue weighted by molar-refractivity contribution is 3.51. The van der Waals surface area contributed by atoms with Crippen LogP contribution in [-0.2, 0) is 0 Å². The van der Waals surface area contributed by atoms with E-state index in [0.29, 0.717) is 7.18 Å². The Labute approximate surface area is 47.7 Å². The van der Waals surface area contributed by atoms with Gasteiger partial charge in [-0.3, -0.25) is 4.39 Å². The molecule has 0 heterocycles. The van der Waals surface area contributed by atoms with Crippen molar-refractivity contribution in [2.24, 2.45) is 0 Å². The highest BCUT2D eigenvalue weighted by atomic mass is 19.1. The van der Waals surface area contributed by atoms with Gasteiger partial charge in [-0.15, -0.1) is 0 Å². The monoisotopic (exact) mass is 110 g/mol. The molecule has 0 aliphatic rings. The molecule has 0 rings (SSSR count). The maximum absolute atomic E-state index is 9.50. The quantitative estimate of drug-likeness (QED) is 0.449. The summed E-state index contributed by atoms with van der Waals surface area (Å²) in [4.78, 5) is 0. The van der Waals surface area contributed by atoms with Crippen LogP contribution < -0.4 is 0 Å². The third-order valence-corrected chi connectivity index (χ3v) is 0. The van der Waals surface area contributed by atoms with Crippen molar-refractivity contribution in [3.05, 3.63) is 0 Å². The third kappa shape index (κ3) is 18700. The predicted octanol–water partition coefficient (Wildman–Crippen LogP) is 3.27. The average Bonchev–Trinajstić information content (AvgIpc) is 1.81. The zero-order chi connectivity index (χ0) is 6.00. The number of hydrogen-bond acceptors (Lipinski definition) is 0. The maximum Gasteiger partial charge on any atom is 0.0785 e. The lowest BCUT2D eigenvalue weighted by Gasteiger charge is -1.10. The molecule has 0 saturated heterocycles. The van der Waals surface area contributed by atoms with Gasteiger partial charge in [-0.2, -0.15) is 0 Å². The number of hydrogen-bond donors (Lipinski definition) is 0. The summed E-state index contributed by atoms with van der Waals surface area (Å²) in [6.07, 6.45) is 0. The van der Waals surface area contributed by atoms with Gasteiger partial charge in [0.15, 0.2) is 0 Å². The molecule has 0 saturated carbocycles. The van der Waals surface area contributed by atoms with Gasteiger partial charge >= 0.3 is 0 Å². The van der Waals surface area contributed by atoms with Crippen LogP contribution in [0.15, 0.2) is 0 Å². The number of rotatable bonds is 0. The second-order valence-electron chi connectivity index (χ2n) is 0. The van der Waals surface area contributed by atoms with Gasteiger partial charge in [0, 0.05) is 0 Å². The Morgan fingerprint density at radius 3 is 0.714 bits per heavy atom. The Bertz CT molecular complexity index is 4.14. The molecule has 0 nitrogen and oxygen atoms in total. The van der Waals surface area contributed by atoms with Crippen molar-refractivity contribution in [2.45, 2.75) is 35.1 Å². The average molecular weight is 110 g/mol. The van der Waals surface area contributed by atoms with Crippen molar-refractivity contribution in [2.75, 3.05) is 7.18 Å². The summed E-state index contributed by atoms with van der Waals surface area (Å²) in [7, 11) is 0.500. The van der Waals surface area contributed by atoms with Crippen LogP contribution in [0.4, 0.5) is 4.39 Å².